The van der Waals surface area contributed by atoms with Crippen molar-refractivity contribution in [1.29, 1.82) is 0 Å². The van der Waals surface area contributed by atoms with Crippen LogP contribution in [-0.2, 0) is 17.6 Å². The fraction of sp³-hybridized carbons (Fsp3) is 0.438. The molecule has 1 unspecified atom stereocenters. The zero-order valence-electron chi connectivity index (χ0n) is 10.9. The molecular weight excluding hydrogens is 240 g/mol. The number of carbonyl (C=O) groups excluding carboxylic acids is 1. The first-order chi connectivity index (χ1) is 9.26. The van der Waals surface area contributed by atoms with Gasteiger partial charge in [-0.25, -0.2) is 0 Å². The molecule has 0 bridgehead atoms. The van der Waals surface area contributed by atoms with Crippen molar-refractivity contribution in [1.82, 2.24) is 0 Å². The molecule has 3 rings (SSSR count). The second-order valence-corrected chi connectivity index (χ2v) is 5.39. The number of rotatable bonds is 1. The summed E-state index contributed by atoms with van der Waals surface area (Å²) >= 11 is 0. The lowest BCUT2D eigenvalue weighted by Crippen LogP contribution is -2.16. The number of hydrogen-bond donors (Lipinski definition) is 1. The zero-order valence-corrected chi connectivity index (χ0v) is 10.9. The average molecular weight is 258 g/mol. The summed E-state index contributed by atoms with van der Waals surface area (Å²) in [7, 11) is 0. The number of benzene rings is 1. The third kappa shape index (κ3) is 2.56. The molecule has 100 valence electrons. The number of fused-ring (bicyclic) bond motifs is 2. The van der Waals surface area contributed by atoms with Gasteiger partial charge in [0.25, 0.3) is 0 Å². The van der Waals surface area contributed by atoms with E-state index in [1.165, 1.54) is 11.1 Å². The molecule has 1 heterocycles. The van der Waals surface area contributed by atoms with Gasteiger partial charge in [-0.1, -0.05) is 6.42 Å². The van der Waals surface area contributed by atoms with Crippen molar-refractivity contribution in [3.8, 4) is 5.75 Å². The van der Waals surface area contributed by atoms with Crippen molar-refractivity contribution in [2.24, 2.45) is 0 Å². The first-order valence-corrected chi connectivity index (χ1v) is 6.88. The van der Waals surface area contributed by atoms with Crippen LogP contribution in [-0.4, -0.2) is 24.1 Å². The van der Waals surface area contributed by atoms with Crippen LogP contribution in [0.5, 0.6) is 5.75 Å². The van der Waals surface area contributed by atoms with Crippen LogP contribution in [0.2, 0.25) is 0 Å². The molecule has 3 nitrogen and oxygen atoms in total. The Hall–Kier alpha value is -1.61. The van der Waals surface area contributed by atoms with Crippen molar-refractivity contribution in [3.63, 3.8) is 0 Å². The van der Waals surface area contributed by atoms with Gasteiger partial charge in [0.15, 0.2) is 0 Å². The van der Waals surface area contributed by atoms with E-state index in [1.807, 2.05) is 12.1 Å². The number of aldehydes is 1. The molecule has 2 aliphatic rings. The molecule has 0 aromatic heterocycles. The maximum atomic E-state index is 10.8. The Morgan fingerprint density at radius 3 is 3.00 bits per heavy atom. The summed E-state index contributed by atoms with van der Waals surface area (Å²) in [6, 6.07) is 4.16. The Morgan fingerprint density at radius 2 is 2.16 bits per heavy atom. The van der Waals surface area contributed by atoms with E-state index in [9.17, 15) is 9.90 Å². The van der Waals surface area contributed by atoms with E-state index in [4.69, 9.17) is 4.74 Å². The van der Waals surface area contributed by atoms with E-state index in [0.29, 0.717) is 18.6 Å². The van der Waals surface area contributed by atoms with Crippen LogP contribution in [0.4, 0.5) is 0 Å². The fourth-order valence-electron chi connectivity index (χ4n) is 2.87. The van der Waals surface area contributed by atoms with Crippen molar-refractivity contribution >= 4 is 12.4 Å². The maximum Gasteiger partial charge on any atom is 0.149 e. The minimum absolute atomic E-state index is 0.248. The monoisotopic (exact) mass is 258 g/mol. The largest absolute Gasteiger partial charge is 0.488 e. The molecule has 1 N–H and O–H groups in total. The van der Waals surface area contributed by atoms with Gasteiger partial charge in [0.1, 0.15) is 18.6 Å². The summed E-state index contributed by atoms with van der Waals surface area (Å²) in [4.78, 5) is 10.8. The van der Waals surface area contributed by atoms with Crippen molar-refractivity contribution < 1.29 is 14.6 Å². The minimum Gasteiger partial charge on any atom is -0.488 e. The van der Waals surface area contributed by atoms with Crippen LogP contribution in [0.3, 0.4) is 0 Å². The quantitative estimate of drug-likeness (QED) is 0.786. The number of aryl methyl sites for hydroxylation is 1. The molecule has 1 aliphatic carbocycles. The SMILES string of the molecule is O=CC1=Cc2cc3c(cc2OC1)CC(O)CCCC3. The van der Waals surface area contributed by atoms with Crippen LogP contribution in [0.1, 0.15) is 36.0 Å². The Labute approximate surface area is 112 Å². The smallest absolute Gasteiger partial charge is 0.149 e. The van der Waals surface area contributed by atoms with Gasteiger partial charge in [0.05, 0.1) is 6.10 Å². The Bertz CT molecular complexity index is 531. The molecule has 1 aromatic carbocycles. The molecule has 0 spiro atoms. The summed E-state index contributed by atoms with van der Waals surface area (Å²) in [6.45, 7) is 0.345. The Morgan fingerprint density at radius 1 is 1.26 bits per heavy atom. The lowest BCUT2D eigenvalue weighted by molar-refractivity contribution is -0.105. The van der Waals surface area contributed by atoms with Gasteiger partial charge in [-0.3, -0.25) is 4.79 Å². The third-order valence-electron chi connectivity index (χ3n) is 3.91. The summed E-state index contributed by atoms with van der Waals surface area (Å²) in [5.74, 6) is 0.831. The zero-order chi connectivity index (χ0) is 13.2. The van der Waals surface area contributed by atoms with Crippen LogP contribution >= 0.6 is 0 Å². The maximum absolute atomic E-state index is 10.8. The molecular formula is C16H18O3. The third-order valence-corrected chi connectivity index (χ3v) is 3.91. The number of carbonyl (C=O) groups is 1. The van der Waals surface area contributed by atoms with Crippen molar-refractivity contribution in [3.05, 3.63) is 34.4 Å². The number of ether oxygens (including phenoxy) is 1. The summed E-state index contributed by atoms with van der Waals surface area (Å²) in [5, 5.41) is 9.95. The van der Waals surface area contributed by atoms with Gasteiger partial charge >= 0.3 is 0 Å². The second kappa shape index (κ2) is 5.17. The molecule has 3 heteroatoms. The first kappa shape index (κ1) is 12.4. The van der Waals surface area contributed by atoms with E-state index < -0.39 is 0 Å². The molecule has 1 aliphatic heterocycles. The number of aliphatic hydroxyl groups excluding tert-OH is 1. The summed E-state index contributed by atoms with van der Waals surface area (Å²) in [5.41, 5.74) is 4.14. The second-order valence-electron chi connectivity index (χ2n) is 5.39. The van der Waals surface area contributed by atoms with Crippen LogP contribution < -0.4 is 4.74 Å². The standard InChI is InChI=1S/C16H18O3/c17-9-11-5-14-6-12-3-1-2-4-15(18)7-13(12)8-16(14)19-10-11/h5-6,8-9,15,18H,1-4,7,10H2. The molecule has 19 heavy (non-hydrogen) atoms. The van der Waals surface area contributed by atoms with E-state index >= 15 is 0 Å². The predicted molar refractivity (Wildman–Crippen MR) is 73.2 cm³/mol. The number of aliphatic hydroxyl groups is 1. The lowest BCUT2D eigenvalue weighted by atomic mass is 9.89. The van der Waals surface area contributed by atoms with E-state index in [-0.39, 0.29) is 6.10 Å². The topological polar surface area (TPSA) is 46.5 Å². The highest BCUT2D eigenvalue weighted by molar-refractivity contribution is 5.84. The van der Waals surface area contributed by atoms with E-state index in [2.05, 4.69) is 6.07 Å². The van der Waals surface area contributed by atoms with Gasteiger partial charge in [0.2, 0.25) is 0 Å². The number of hydrogen-bond acceptors (Lipinski definition) is 3. The predicted octanol–water partition coefficient (Wildman–Crippen LogP) is 2.29. The molecule has 0 radical (unpaired) electrons. The normalized spacial score (nSPS) is 22.2. The Balaban J connectivity index is 2.01. The molecule has 0 saturated carbocycles. The van der Waals surface area contributed by atoms with Crippen LogP contribution in [0, 0.1) is 0 Å². The van der Waals surface area contributed by atoms with Gasteiger partial charge in [-0.15, -0.1) is 0 Å². The van der Waals surface area contributed by atoms with E-state index in [0.717, 1.165) is 43.3 Å². The molecule has 0 fully saturated rings. The van der Waals surface area contributed by atoms with Crippen molar-refractivity contribution in [2.45, 2.75) is 38.2 Å². The van der Waals surface area contributed by atoms with Gasteiger partial charge in [-0.05, 0) is 55.0 Å². The van der Waals surface area contributed by atoms with Gasteiger partial charge in [-0.2, -0.15) is 0 Å². The van der Waals surface area contributed by atoms with E-state index in [1.54, 1.807) is 0 Å². The molecule has 1 aromatic rings. The molecule has 1 atom stereocenters. The molecule has 0 saturated heterocycles. The van der Waals surface area contributed by atoms with Crippen molar-refractivity contribution in [2.75, 3.05) is 6.61 Å². The minimum atomic E-state index is -0.248. The first-order valence-electron chi connectivity index (χ1n) is 6.88. The highest BCUT2D eigenvalue weighted by atomic mass is 16.5. The lowest BCUT2D eigenvalue weighted by Gasteiger charge is -2.22. The highest BCUT2D eigenvalue weighted by Crippen LogP contribution is 2.32. The average Bonchev–Trinajstić information content (AvgIpc) is 2.41. The van der Waals surface area contributed by atoms with Crippen LogP contribution in [0.25, 0.3) is 6.08 Å². The van der Waals surface area contributed by atoms with Gasteiger partial charge in [0, 0.05) is 11.1 Å². The Kier molecular flexibility index (Phi) is 3.38. The van der Waals surface area contributed by atoms with Crippen LogP contribution in [0.15, 0.2) is 17.7 Å². The molecule has 0 amide bonds. The summed E-state index contributed by atoms with van der Waals surface area (Å²) < 4.78 is 5.62. The van der Waals surface area contributed by atoms with Gasteiger partial charge < -0.3 is 9.84 Å². The summed E-state index contributed by atoms with van der Waals surface area (Å²) in [6.07, 6.45) is 7.31. The highest BCUT2D eigenvalue weighted by Gasteiger charge is 2.18. The fourth-order valence-corrected chi connectivity index (χ4v) is 2.87.